The molecule has 3 heterocycles. The molecule has 0 bridgehead atoms. The Bertz CT molecular complexity index is 2010. The summed E-state index contributed by atoms with van der Waals surface area (Å²) in [6.45, 7) is 3.06. The molecule has 0 spiro atoms. The van der Waals surface area contributed by atoms with Gasteiger partial charge in [-0.3, -0.25) is 9.36 Å². The van der Waals surface area contributed by atoms with Crippen LogP contribution in [0.5, 0.6) is 0 Å². The number of hydrogen-bond donors (Lipinski definition) is 2. The van der Waals surface area contributed by atoms with Crippen molar-refractivity contribution in [3.8, 4) is 16.8 Å². The highest BCUT2D eigenvalue weighted by Crippen LogP contribution is 2.37. The SMILES string of the molecule is Cc1c(-c2ccc(CN)c3[nH]c(C4=CCN(S(C)(=O)=O)CC4)cc23)cccc1-n1cnc2ccc(F)cc2c1=O. The van der Waals surface area contributed by atoms with Gasteiger partial charge >= 0.3 is 0 Å². The molecule has 204 valence electrons. The zero-order valence-electron chi connectivity index (χ0n) is 22.1. The molecule has 0 fully saturated rings. The predicted molar refractivity (Wildman–Crippen MR) is 156 cm³/mol. The summed E-state index contributed by atoms with van der Waals surface area (Å²) in [6, 6.07) is 15.9. The quantitative estimate of drug-likeness (QED) is 0.331. The molecule has 2 aromatic heterocycles. The minimum absolute atomic E-state index is 0.215. The number of fused-ring (bicyclic) bond motifs is 2. The molecule has 0 aliphatic carbocycles. The van der Waals surface area contributed by atoms with Crippen LogP contribution in [0.25, 0.3) is 44.2 Å². The largest absolute Gasteiger partial charge is 0.355 e. The number of aromatic nitrogens is 3. The van der Waals surface area contributed by atoms with Crippen LogP contribution in [0.4, 0.5) is 4.39 Å². The van der Waals surface area contributed by atoms with E-state index in [-0.39, 0.29) is 10.9 Å². The Hall–Kier alpha value is -4.12. The predicted octanol–water partition coefficient (Wildman–Crippen LogP) is 4.49. The van der Waals surface area contributed by atoms with E-state index >= 15 is 0 Å². The van der Waals surface area contributed by atoms with Gasteiger partial charge in [0.2, 0.25) is 10.0 Å². The summed E-state index contributed by atoms with van der Waals surface area (Å²) in [5.74, 6) is -0.489. The summed E-state index contributed by atoms with van der Waals surface area (Å²) in [6.07, 6.45) is 5.25. The van der Waals surface area contributed by atoms with Crippen LogP contribution < -0.4 is 11.3 Å². The molecule has 0 saturated carbocycles. The van der Waals surface area contributed by atoms with Crippen molar-refractivity contribution >= 4 is 37.4 Å². The lowest BCUT2D eigenvalue weighted by Crippen LogP contribution is -2.33. The van der Waals surface area contributed by atoms with Crippen molar-refractivity contribution in [2.75, 3.05) is 19.3 Å². The van der Waals surface area contributed by atoms with Gasteiger partial charge in [-0.25, -0.2) is 17.8 Å². The molecule has 1 aliphatic rings. The Labute approximate surface area is 230 Å². The molecular formula is C30H28FN5O3S. The van der Waals surface area contributed by atoms with E-state index in [1.165, 1.54) is 39.7 Å². The van der Waals surface area contributed by atoms with E-state index in [9.17, 15) is 17.6 Å². The minimum Gasteiger partial charge on any atom is -0.355 e. The maximum atomic E-state index is 13.9. The van der Waals surface area contributed by atoms with Gasteiger partial charge in [0.15, 0.2) is 0 Å². The first-order chi connectivity index (χ1) is 19.2. The van der Waals surface area contributed by atoms with Crippen LogP contribution in [0.15, 0.2) is 71.8 Å². The van der Waals surface area contributed by atoms with Gasteiger partial charge in [-0.2, -0.15) is 4.31 Å². The first-order valence-corrected chi connectivity index (χ1v) is 14.8. The first-order valence-electron chi connectivity index (χ1n) is 12.9. The molecule has 8 nitrogen and oxygen atoms in total. The van der Waals surface area contributed by atoms with Gasteiger partial charge in [0.25, 0.3) is 5.56 Å². The average molecular weight is 558 g/mol. The number of sulfonamides is 1. The summed E-state index contributed by atoms with van der Waals surface area (Å²) in [7, 11) is -3.24. The Kier molecular flexibility index (Phi) is 6.41. The summed E-state index contributed by atoms with van der Waals surface area (Å²) < 4.78 is 40.7. The maximum absolute atomic E-state index is 13.9. The Morgan fingerprint density at radius 1 is 1.07 bits per heavy atom. The molecule has 0 atom stereocenters. The van der Waals surface area contributed by atoms with Gasteiger partial charge in [-0.1, -0.05) is 30.3 Å². The first kappa shape index (κ1) is 26.1. The third-order valence-electron chi connectivity index (χ3n) is 7.66. The van der Waals surface area contributed by atoms with Crippen molar-refractivity contribution < 1.29 is 12.8 Å². The van der Waals surface area contributed by atoms with Crippen LogP contribution in [0.1, 0.15) is 23.2 Å². The van der Waals surface area contributed by atoms with E-state index < -0.39 is 15.8 Å². The molecule has 5 aromatic rings. The highest BCUT2D eigenvalue weighted by atomic mass is 32.2. The third-order valence-corrected chi connectivity index (χ3v) is 8.93. The fourth-order valence-electron chi connectivity index (χ4n) is 5.49. The average Bonchev–Trinajstić information content (AvgIpc) is 3.39. The van der Waals surface area contributed by atoms with Gasteiger partial charge in [-0.15, -0.1) is 0 Å². The second-order valence-electron chi connectivity index (χ2n) is 10.1. The highest BCUT2D eigenvalue weighted by Gasteiger charge is 2.22. The number of benzene rings is 3. The van der Waals surface area contributed by atoms with Crippen molar-refractivity contribution in [2.24, 2.45) is 5.73 Å². The molecule has 3 aromatic carbocycles. The topological polar surface area (TPSA) is 114 Å². The van der Waals surface area contributed by atoms with Crippen molar-refractivity contribution in [1.29, 1.82) is 0 Å². The fraction of sp³-hybridized carbons (Fsp3) is 0.200. The third kappa shape index (κ3) is 4.43. The number of hydrogen-bond acceptors (Lipinski definition) is 5. The molecule has 40 heavy (non-hydrogen) atoms. The van der Waals surface area contributed by atoms with E-state index in [2.05, 4.69) is 16.0 Å². The van der Waals surface area contributed by atoms with Gasteiger partial charge in [0, 0.05) is 30.7 Å². The van der Waals surface area contributed by atoms with Crippen LogP contribution in [0, 0.1) is 12.7 Å². The number of nitrogens with one attached hydrogen (secondary N) is 1. The molecule has 0 unspecified atom stereocenters. The fourth-order valence-corrected chi connectivity index (χ4v) is 6.26. The van der Waals surface area contributed by atoms with E-state index in [1.807, 2.05) is 43.3 Å². The molecule has 3 N–H and O–H groups in total. The van der Waals surface area contributed by atoms with Crippen LogP contribution >= 0.6 is 0 Å². The number of nitrogens with zero attached hydrogens (tertiary/aromatic N) is 3. The molecular weight excluding hydrogens is 529 g/mol. The summed E-state index contributed by atoms with van der Waals surface area (Å²) >= 11 is 0. The Morgan fingerprint density at radius 3 is 2.62 bits per heavy atom. The van der Waals surface area contributed by atoms with Crippen LogP contribution in [0.2, 0.25) is 0 Å². The number of aromatic amines is 1. The van der Waals surface area contributed by atoms with Gasteiger partial charge < -0.3 is 10.7 Å². The van der Waals surface area contributed by atoms with Gasteiger partial charge in [0.1, 0.15) is 12.1 Å². The Balaban J connectivity index is 1.48. The summed E-state index contributed by atoms with van der Waals surface area (Å²) in [4.78, 5) is 21.2. The number of rotatable bonds is 5. The highest BCUT2D eigenvalue weighted by molar-refractivity contribution is 7.88. The molecule has 1 aliphatic heterocycles. The van der Waals surface area contributed by atoms with Crippen molar-refractivity contribution in [1.82, 2.24) is 18.8 Å². The second-order valence-corrected chi connectivity index (χ2v) is 12.1. The summed E-state index contributed by atoms with van der Waals surface area (Å²) in [5.41, 5.74) is 13.5. The van der Waals surface area contributed by atoms with E-state index in [1.54, 1.807) is 0 Å². The standard InChI is InChI=1S/C30H28FN5O3S/c1-18-22(4-3-5-28(18)36-17-33-26-9-7-21(31)14-25(26)30(36)37)23-8-6-20(16-32)29-24(23)15-27(34-29)19-10-12-35(13-11-19)40(2,38)39/h3-10,14-15,17,34H,11-13,16,32H2,1-2H3. The number of H-pyrrole nitrogens is 1. The zero-order chi connectivity index (χ0) is 28.2. The maximum Gasteiger partial charge on any atom is 0.265 e. The Morgan fingerprint density at radius 2 is 1.90 bits per heavy atom. The minimum atomic E-state index is -3.24. The van der Waals surface area contributed by atoms with Gasteiger partial charge in [0.05, 0.1) is 28.4 Å². The zero-order valence-corrected chi connectivity index (χ0v) is 22.9. The van der Waals surface area contributed by atoms with Crippen LogP contribution in [-0.2, 0) is 16.6 Å². The molecule has 0 radical (unpaired) electrons. The summed E-state index contributed by atoms with van der Waals surface area (Å²) in [5, 5.41) is 1.20. The van der Waals surface area contributed by atoms with E-state index in [0.29, 0.717) is 37.3 Å². The van der Waals surface area contributed by atoms with E-state index in [4.69, 9.17) is 5.73 Å². The number of halogens is 1. The van der Waals surface area contributed by atoms with Crippen molar-refractivity contribution in [2.45, 2.75) is 19.9 Å². The molecule has 10 heteroatoms. The monoisotopic (exact) mass is 557 g/mol. The van der Waals surface area contributed by atoms with Crippen LogP contribution in [0.3, 0.4) is 0 Å². The lowest BCUT2D eigenvalue weighted by molar-refractivity contribution is 0.445. The second kappa shape index (κ2) is 9.81. The number of nitrogens with two attached hydrogens (primary N) is 1. The molecule has 0 saturated heterocycles. The van der Waals surface area contributed by atoms with Gasteiger partial charge in [-0.05, 0) is 71.5 Å². The van der Waals surface area contributed by atoms with Crippen LogP contribution in [-0.4, -0.2) is 46.6 Å². The van der Waals surface area contributed by atoms with Crippen molar-refractivity contribution in [3.05, 3.63) is 100.0 Å². The lowest BCUT2D eigenvalue weighted by atomic mass is 9.94. The molecule has 6 rings (SSSR count). The van der Waals surface area contributed by atoms with E-state index in [0.717, 1.165) is 44.4 Å². The molecule has 0 amide bonds. The lowest BCUT2D eigenvalue weighted by Gasteiger charge is -2.23. The normalized spacial score (nSPS) is 14.7. The van der Waals surface area contributed by atoms with Crippen molar-refractivity contribution in [3.63, 3.8) is 0 Å². The smallest absolute Gasteiger partial charge is 0.265 e.